The van der Waals surface area contributed by atoms with E-state index in [1.165, 1.54) is 19.6 Å². The molecule has 0 aliphatic carbocycles. The molecule has 0 atom stereocenters. The average Bonchev–Trinajstić information content (AvgIpc) is 2.20. The molecule has 0 heterocycles. The van der Waals surface area contributed by atoms with E-state index in [4.69, 9.17) is 9.66 Å². The molecule has 0 aromatic carbocycles. The van der Waals surface area contributed by atoms with Crippen LogP contribution in [0, 0.1) is 0 Å². The maximum Gasteiger partial charge on any atom is 0.392 e. The lowest BCUT2D eigenvalue weighted by Gasteiger charge is -2.13. The second-order valence-electron chi connectivity index (χ2n) is 2.89. The number of alkyl halides is 2. The maximum absolute atomic E-state index is 11.6. The molecule has 0 saturated carbocycles. The van der Waals surface area contributed by atoms with E-state index < -0.39 is 22.0 Å². The predicted molar refractivity (Wildman–Crippen MR) is 57.0 cm³/mol. The third kappa shape index (κ3) is 7.04. The molecule has 16 heavy (non-hydrogen) atoms. The van der Waals surface area contributed by atoms with E-state index in [-0.39, 0.29) is 0 Å². The molecule has 0 saturated heterocycles. The van der Waals surface area contributed by atoms with E-state index >= 15 is 0 Å². The third-order valence-corrected chi connectivity index (χ3v) is 2.79. The fourth-order valence-corrected chi connectivity index (χ4v) is 0.916. The van der Waals surface area contributed by atoms with Crippen molar-refractivity contribution < 1.29 is 26.9 Å². The molecule has 0 aromatic rings. The fraction of sp³-hybridized carbons (Fsp3) is 1.00. The van der Waals surface area contributed by atoms with Crippen molar-refractivity contribution in [1.29, 1.82) is 0 Å². The summed E-state index contributed by atoms with van der Waals surface area (Å²) in [7, 11) is -5.44. The number of nitrogens with zero attached hydrogens (tertiary/aromatic N) is 1. The Morgan fingerprint density at radius 1 is 1.12 bits per heavy atom. The zero-order valence-electron chi connectivity index (χ0n) is 9.65. The molecule has 0 fully saturated rings. The minimum absolute atomic E-state index is 1.19. The zero-order valence-corrected chi connectivity index (χ0v) is 10.5. The second-order valence-corrected chi connectivity index (χ2v) is 4.44. The van der Waals surface area contributed by atoms with Gasteiger partial charge >= 0.3 is 15.4 Å². The van der Waals surface area contributed by atoms with Crippen molar-refractivity contribution in [2.45, 2.75) is 26.0 Å². The Hall–Kier alpha value is -0.310. The molecule has 0 aromatic heterocycles. The van der Waals surface area contributed by atoms with E-state index in [0.29, 0.717) is 0 Å². The first-order valence-corrected chi connectivity index (χ1v) is 6.28. The van der Waals surface area contributed by atoms with Gasteiger partial charge in [0.1, 0.15) is 6.61 Å². The van der Waals surface area contributed by atoms with Crippen molar-refractivity contribution in [3.05, 3.63) is 0 Å². The van der Waals surface area contributed by atoms with E-state index in [0.717, 1.165) is 0 Å². The summed E-state index contributed by atoms with van der Waals surface area (Å²) in [5, 5.41) is 3.20. The molecule has 100 valence electrons. The highest BCUT2D eigenvalue weighted by molar-refractivity contribution is 7.86. The van der Waals surface area contributed by atoms with Crippen molar-refractivity contribution in [1.82, 2.24) is 4.90 Å². The van der Waals surface area contributed by atoms with Gasteiger partial charge in [-0.05, 0) is 19.6 Å². The Morgan fingerprint density at radius 2 is 1.44 bits per heavy atom. The van der Waals surface area contributed by atoms with E-state index in [1.807, 2.05) is 0 Å². The largest absolute Gasteiger partial charge is 0.392 e. The van der Waals surface area contributed by atoms with E-state index in [1.54, 1.807) is 0 Å². The Labute approximate surface area is 94.8 Å². The lowest BCUT2D eigenvalue weighted by Crippen LogP contribution is -2.31. The first-order valence-electron chi connectivity index (χ1n) is 4.84. The van der Waals surface area contributed by atoms with Gasteiger partial charge in [0.05, 0.1) is 0 Å². The van der Waals surface area contributed by atoms with Gasteiger partial charge in [-0.1, -0.05) is 20.8 Å². The Bertz CT molecular complexity index is 260. The number of halogens is 2. The molecule has 5 nitrogen and oxygen atoms in total. The summed E-state index contributed by atoms with van der Waals surface area (Å²) < 4.78 is 49.8. The van der Waals surface area contributed by atoms with Crippen LogP contribution in [0.4, 0.5) is 8.78 Å². The molecule has 8 heteroatoms. The SMILES string of the molecule is CCN(CC)CC.O=S(=O)(O)C(F)(F)CO. The maximum atomic E-state index is 11.6. The number of aliphatic hydroxyl groups is 1. The molecule has 0 aliphatic heterocycles. The van der Waals surface area contributed by atoms with E-state index in [2.05, 4.69) is 25.7 Å². The number of rotatable bonds is 5. The molecule has 0 rings (SSSR count). The molecular weight excluding hydrogens is 244 g/mol. The standard InChI is InChI=1S/C6H15N.C2H4F2O4S/c1-4-7(5-2)6-3;3-2(4,1-5)9(6,7)8/h4-6H2,1-3H3;5H,1H2,(H,6,7,8). The predicted octanol–water partition coefficient (Wildman–Crippen LogP) is 0.807. The van der Waals surface area contributed by atoms with Crippen LogP contribution >= 0.6 is 0 Å². The van der Waals surface area contributed by atoms with Gasteiger partial charge in [0, 0.05) is 0 Å². The van der Waals surface area contributed by atoms with Gasteiger partial charge in [0.15, 0.2) is 0 Å². The molecule has 0 amide bonds. The Balaban J connectivity index is 0. The van der Waals surface area contributed by atoms with Gasteiger partial charge in [-0.25, -0.2) is 0 Å². The number of aliphatic hydroxyl groups excluding tert-OH is 1. The van der Waals surface area contributed by atoms with E-state index in [9.17, 15) is 17.2 Å². The van der Waals surface area contributed by atoms with Gasteiger partial charge in [-0.15, -0.1) is 0 Å². The van der Waals surface area contributed by atoms with Crippen molar-refractivity contribution >= 4 is 10.1 Å². The minimum atomic E-state index is -5.44. The van der Waals surface area contributed by atoms with Gasteiger partial charge in [0.2, 0.25) is 0 Å². The molecular formula is C8H19F2NO4S. The van der Waals surface area contributed by atoms with Crippen LogP contribution in [0.1, 0.15) is 20.8 Å². The van der Waals surface area contributed by atoms with Crippen molar-refractivity contribution in [3.8, 4) is 0 Å². The molecule has 0 aliphatic rings. The summed E-state index contributed by atoms with van der Waals surface area (Å²) in [6.45, 7) is 8.21. The molecule has 0 spiro atoms. The quantitative estimate of drug-likeness (QED) is 0.718. The van der Waals surface area contributed by atoms with Crippen LogP contribution in [0.3, 0.4) is 0 Å². The number of hydrogen-bond acceptors (Lipinski definition) is 4. The van der Waals surface area contributed by atoms with Crippen molar-refractivity contribution in [2.24, 2.45) is 0 Å². The molecule has 2 N–H and O–H groups in total. The first-order chi connectivity index (χ1) is 7.16. The van der Waals surface area contributed by atoms with Crippen LogP contribution in [-0.4, -0.2) is 54.5 Å². The summed E-state index contributed by atoms with van der Waals surface area (Å²) in [5.74, 6) is 0. The lowest BCUT2D eigenvalue weighted by atomic mass is 10.5. The Kier molecular flexibility index (Phi) is 8.90. The molecule has 0 unspecified atom stereocenters. The molecule has 0 radical (unpaired) electrons. The van der Waals surface area contributed by atoms with Crippen LogP contribution < -0.4 is 0 Å². The first kappa shape index (κ1) is 18.1. The normalized spacial score (nSPS) is 12.2. The van der Waals surface area contributed by atoms with Gasteiger partial charge in [0.25, 0.3) is 0 Å². The van der Waals surface area contributed by atoms with Gasteiger partial charge in [-0.2, -0.15) is 17.2 Å². The monoisotopic (exact) mass is 263 g/mol. The van der Waals surface area contributed by atoms with Crippen LogP contribution in [-0.2, 0) is 10.1 Å². The highest BCUT2D eigenvalue weighted by Gasteiger charge is 2.43. The second kappa shape index (κ2) is 7.88. The van der Waals surface area contributed by atoms with Crippen LogP contribution in [0.2, 0.25) is 0 Å². The fourth-order valence-electron chi connectivity index (χ4n) is 0.752. The van der Waals surface area contributed by atoms with Gasteiger partial charge in [-0.3, -0.25) is 4.55 Å². The van der Waals surface area contributed by atoms with Crippen molar-refractivity contribution in [3.63, 3.8) is 0 Å². The van der Waals surface area contributed by atoms with Crippen LogP contribution in [0.5, 0.6) is 0 Å². The summed E-state index contributed by atoms with van der Waals surface area (Å²) in [5.41, 5.74) is 0. The minimum Gasteiger partial charge on any atom is -0.389 e. The highest BCUT2D eigenvalue weighted by atomic mass is 32.2. The molecule has 0 bridgehead atoms. The van der Waals surface area contributed by atoms with Gasteiger partial charge < -0.3 is 10.0 Å². The van der Waals surface area contributed by atoms with Crippen LogP contribution in [0.25, 0.3) is 0 Å². The average molecular weight is 263 g/mol. The smallest absolute Gasteiger partial charge is 0.389 e. The van der Waals surface area contributed by atoms with Crippen LogP contribution in [0.15, 0.2) is 0 Å². The highest BCUT2D eigenvalue weighted by Crippen LogP contribution is 2.18. The summed E-state index contributed by atoms with van der Waals surface area (Å²) in [6.07, 6.45) is 0. The third-order valence-electron chi connectivity index (χ3n) is 1.90. The zero-order chi connectivity index (χ0) is 13.4. The summed E-state index contributed by atoms with van der Waals surface area (Å²) in [4.78, 5) is 2.38. The Morgan fingerprint density at radius 3 is 1.44 bits per heavy atom. The topological polar surface area (TPSA) is 77.8 Å². The summed E-state index contributed by atoms with van der Waals surface area (Å²) in [6, 6.07) is 0. The van der Waals surface area contributed by atoms with Crippen molar-refractivity contribution in [2.75, 3.05) is 26.2 Å². The summed E-state index contributed by atoms with van der Waals surface area (Å²) >= 11 is 0. The number of hydrogen-bond donors (Lipinski definition) is 2. The lowest BCUT2D eigenvalue weighted by molar-refractivity contribution is 0.0187.